The van der Waals surface area contributed by atoms with E-state index >= 15 is 0 Å². The van der Waals surface area contributed by atoms with E-state index in [0.29, 0.717) is 12.1 Å². The second-order valence-corrected chi connectivity index (χ2v) is 5.93. The number of hydrogen-bond acceptors (Lipinski definition) is 4. The molecule has 1 amide bonds. The Labute approximate surface area is 123 Å². The Morgan fingerprint density at radius 1 is 1.35 bits per heavy atom. The van der Waals surface area contributed by atoms with Gasteiger partial charge < -0.3 is 10.6 Å². The molecule has 2 rings (SSSR count). The number of nitrogens with zero attached hydrogens (tertiary/aromatic N) is 1. The summed E-state index contributed by atoms with van der Waals surface area (Å²) in [5.41, 5.74) is 2.82. The largest absolute Gasteiger partial charge is 0.385 e. The van der Waals surface area contributed by atoms with Crippen molar-refractivity contribution in [2.24, 2.45) is 0 Å². The number of carbonyl (C=O) groups excluding carboxylic acids is 1. The monoisotopic (exact) mass is 289 g/mol. The summed E-state index contributed by atoms with van der Waals surface area (Å²) in [7, 11) is 0. The van der Waals surface area contributed by atoms with Gasteiger partial charge in [-0.25, -0.2) is 4.98 Å². The van der Waals surface area contributed by atoms with Crippen molar-refractivity contribution in [2.45, 2.75) is 27.3 Å². The van der Waals surface area contributed by atoms with Gasteiger partial charge in [-0.15, -0.1) is 11.3 Å². The summed E-state index contributed by atoms with van der Waals surface area (Å²) >= 11 is 1.60. The Hall–Kier alpha value is -1.88. The van der Waals surface area contributed by atoms with Gasteiger partial charge in [-0.05, 0) is 44.5 Å². The first-order chi connectivity index (χ1) is 9.60. The molecule has 0 bridgehead atoms. The standard InChI is InChI=1S/C15H19N3OS/c1-4-16-13-6-5-12(7-10(13)2)15(19)18-9-14-17-8-11(3)20-14/h5-8,16H,4,9H2,1-3H3,(H,18,19). The Kier molecular flexibility index (Phi) is 4.74. The zero-order valence-electron chi connectivity index (χ0n) is 12.0. The van der Waals surface area contributed by atoms with Crippen LogP contribution in [0.4, 0.5) is 5.69 Å². The minimum atomic E-state index is -0.0657. The maximum Gasteiger partial charge on any atom is 0.251 e. The van der Waals surface area contributed by atoms with E-state index in [9.17, 15) is 4.79 Å². The third-order valence-electron chi connectivity index (χ3n) is 2.93. The van der Waals surface area contributed by atoms with Crippen LogP contribution in [0.1, 0.15) is 32.7 Å². The number of rotatable bonds is 5. The molecule has 0 saturated heterocycles. The van der Waals surface area contributed by atoms with Gasteiger partial charge in [0.25, 0.3) is 5.91 Å². The van der Waals surface area contributed by atoms with Gasteiger partial charge in [-0.3, -0.25) is 4.79 Å². The predicted octanol–water partition coefficient (Wildman–Crippen LogP) is 3.12. The van der Waals surface area contributed by atoms with Gasteiger partial charge in [0, 0.05) is 28.9 Å². The zero-order chi connectivity index (χ0) is 14.5. The van der Waals surface area contributed by atoms with E-state index in [1.807, 2.05) is 38.2 Å². The van der Waals surface area contributed by atoms with Crippen LogP contribution in [0.25, 0.3) is 0 Å². The number of amides is 1. The SMILES string of the molecule is CCNc1ccc(C(=O)NCc2ncc(C)s2)cc1C. The van der Waals surface area contributed by atoms with Gasteiger partial charge in [0.1, 0.15) is 5.01 Å². The maximum atomic E-state index is 12.1. The van der Waals surface area contributed by atoms with E-state index in [2.05, 4.69) is 22.5 Å². The van der Waals surface area contributed by atoms with Gasteiger partial charge in [-0.2, -0.15) is 0 Å². The second kappa shape index (κ2) is 6.52. The number of thiazole rings is 1. The van der Waals surface area contributed by atoms with Crippen molar-refractivity contribution < 1.29 is 4.79 Å². The fourth-order valence-corrected chi connectivity index (χ4v) is 2.66. The number of hydrogen-bond donors (Lipinski definition) is 2. The lowest BCUT2D eigenvalue weighted by atomic mass is 10.1. The van der Waals surface area contributed by atoms with Gasteiger partial charge in [0.05, 0.1) is 6.54 Å². The first kappa shape index (κ1) is 14.5. The summed E-state index contributed by atoms with van der Waals surface area (Å²) in [6.45, 7) is 7.40. The highest BCUT2D eigenvalue weighted by molar-refractivity contribution is 7.11. The topological polar surface area (TPSA) is 54.0 Å². The van der Waals surface area contributed by atoms with E-state index in [4.69, 9.17) is 0 Å². The molecule has 1 heterocycles. The maximum absolute atomic E-state index is 12.1. The van der Waals surface area contributed by atoms with Crippen molar-refractivity contribution in [3.8, 4) is 0 Å². The molecule has 4 nitrogen and oxygen atoms in total. The van der Waals surface area contributed by atoms with Gasteiger partial charge >= 0.3 is 0 Å². The molecule has 5 heteroatoms. The van der Waals surface area contributed by atoms with Gasteiger partial charge in [0.2, 0.25) is 0 Å². The number of nitrogens with one attached hydrogen (secondary N) is 2. The average Bonchev–Trinajstić information content (AvgIpc) is 2.84. The molecule has 0 unspecified atom stereocenters. The smallest absolute Gasteiger partial charge is 0.251 e. The zero-order valence-corrected chi connectivity index (χ0v) is 12.8. The van der Waals surface area contributed by atoms with Crippen LogP contribution >= 0.6 is 11.3 Å². The molecule has 0 atom stereocenters. The van der Waals surface area contributed by atoms with Crippen molar-refractivity contribution in [3.63, 3.8) is 0 Å². The molecule has 0 aliphatic rings. The van der Waals surface area contributed by atoms with Crippen LogP contribution in [-0.2, 0) is 6.54 Å². The Morgan fingerprint density at radius 2 is 2.15 bits per heavy atom. The molecule has 0 fully saturated rings. The fraction of sp³-hybridized carbons (Fsp3) is 0.333. The summed E-state index contributed by atoms with van der Waals surface area (Å²) in [5.74, 6) is -0.0657. The Morgan fingerprint density at radius 3 is 2.75 bits per heavy atom. The lowest BCUT2D eigenvalue weighted by Crippen LogP contribution is -2.22. The highest BCUT2D eigenvalue weighted by Gasteiger charge is 2.08. The normalized spacial score (nSPS) is 10.3. The first-order valence-corrected chi connectivity index (χ1v) is 7.46. The molecule has 2 N–H and O–H groups in total. The summed E-state index contributed by atoms with van der Waals surface area (Å²) < 4.78 is 0. The van der Waals surface area contributed by atoms with E-state index < -0.39 is 0 Å². The van der Waals surface area contributed by atoms with Crippen LogP contribution in [0.15, 0.2) is 24.4 Å². The highest BCUT2D eigenvalue weighted by atomic mass is 32.1. The van der Waals surface area contributed by atoms with E-state index in [0.717, 1.165) is 27.7 Å². The third-order valence-corrected chi connectivity index (χ3v) is 3.84. The van der Waals surface area contributed by atoms with Crippen molar-refractivity contribution in [1.82, 2.24) is 10.3 Å². The van der Waals surface area contributed by atoms with Crippen molar-refractivity contribution >= 4 is 22.9 Å². The van der Waals surface area contributed by atoms with E-state index in [1.165, 1.54) is 0 Å². The molecule has 1 aromatic heterocycles. The van der Waals surface area contributed by atoms with Crippen LogP contribution in [0.2, 0.25) is 0 Å². The summed E-state index contributed by atoms with van der Waals surface area (Å²) in [6, 6.07) is 5.69. The molecule has 0 radical (unpaired) electrons. The van der Waals surface area contributed by atoms with Gasteiger partial charge in [0.15, 0.2) is 0 Å². The molecule has 1 aromatic carbocycles. The molecule has 106 valence electrons. The molecule has 20 heavy (non-hydrogen) atoms. The van der Waals surface area contributed by atoms with Crippen LogP contribution in [0, 0.1) is 13.8 Å². The fourth-order valence-electron chi connectivity index (χ4n) is 1.93. The number of benzene rings is 1. The number of aromatic nitrogens is 1. The van der Waals surface area contributed by atoms with Crippen molar-refractivity contribution in [3.05, 3.63) is 45.4 Å². The molecule has 0 aliphatic carbocycles. The molecular weight excluding hydrogens is 270 g/mol. The Balaban J connectivity index is 2.00. The summed E-state index contributed by atoms with van der Waals surface area (Å²) in [5, 5.41) is 7.09. The lowest BCUT2D eigenvalue weighted by molar-refractivity contribution is 0.0951. The molecule has 0 aliphatic heterocycles. The molecular formula is C15H19N3OS. The average molecular weight is 289 g/mol. The van der Waals surface area contributed by atoms with Gasteiger partial charge in [-0.1, -0.05) is 0 Å². The lowest BCUT2D eigenvalue weighted by Gasteiger charge is -2.09. The second-order valence-electron chi connectivity index (χ2n) is 4.61. The van der Waals surface area contributed by atoms with Crippen molar-refractivity contribution in [2.75, 3.05) is 11.9 Å². The first-order valence-electron chi connectivity index (χ1n) is 6.64. The van der Waals surface area contributed by atoms with E-state index in [-0.39, 0.29) is 5.91 Å². The molecule has 2 aromatic rings. The van der Waals surface area contributed by atoms with Crippen LogP contribution in [-0.4, -0.2) is 17.4 Å². The van der Waals surface area contributed by atoms with E-state index in [1.54, 1.807) is 11.3 Å². The predicted molar refractivity (Wildman–Crippen MR) is 83.4 cm³/mol. The molecule has 0 spiro atoms. The highest BCUT2D eigenvalue weighted by Crippen LogP contribution is 2.16. The number of anilines is 1. The minimum Gasteiger partial charge on any atom is -0.385 e. The minimum absolute atomic E-state index is 0.0657. The quantitative estimate of drug-likeness (QED) is 0.889. The third kappa shape index (κ3) is 3.57. The number of aryl methyl sites for hydroxylation is 2. The van der Waals surface area contributed by atoms with Crippen molar-refractivity contribution in [1.29, 1.82) is 0 Å². The number of carbonyl (C=O) groups is 1. The van der Waals surface area contributed by atoms with Crippen LogP contribution < -0.4 is 10.6 Å². The molecule has 0 saturated carbocycles. The Bertz CT molecular complexity index is 607. The summed E-state index contributed by atoms with van der Waals surface area (Å²) in [4.78, 5) is 17.5. The van der Waals surface area contributed by atoms with Crippen LogP contribution in [0.5, 0.6) is 0 Å². The summed E-state index contributed by atoms with van der Waals surface area (Å²) in [6.07, 6.45) is 1.82. The van der Waals surface area contributed by atoms with Crippen LogP contribution in [0.3, 0.4) is 0 Å².